The monoisotopic (exact) mass is 286 g/mol. The maximum atomic E-state index is 11.7. The average molecular weight is 287 g/mol. The third-order valence-electron chi connectivity index (χ3n) is 2.61. The molecule has 0 saturated heterocycles. The van der Waals surface area contributed by atoms with Crippen molar-refractivity contribution in [3.8, 4) is 5.75 Å². The highest BCUT2D eigenvalue weighted by molar-refractivity contribution is 5.92. The normalized spacial score (nSPS) is 11.7. The molecule has 0 spiro atoms. The fourth-order valence-corrected chi connectivity index (χ4v) is 1.49. The summed E-state index contributed by atoms with van der Waals surface area (Å²) in [5.41, 5.74) is 7.23. The van der Waals surface area contributed by atoms with Gasteiger partial charge in [0.2, 0.25) is 5.91 Å². The van der Waals surface area contributed by atoms with Crippen molar-refractivity contribution in [3.05, 3.63) is 23.8 Å². The van der Waals surface area contributed by atoms with Crippen molar-refractivity contribution in [3.63, 3.8) is 0 Å². The van der Waals surface area contributed by atoms with Gasteiger partial charge in [0.25, 0.3) is 0 Å². The molecule has 1 aromatic rings. The molecule has 1 atom stereocenters. The summed E-state index contributed by atoms with van der Waals surface area (Å²) in [6, 6.07) is 5.61. The molecule has 0 bridgehead atoms. The number of hydrogen-bond acceptors (Lipinski definition) is 3. The molecule has 0 aliphatic heterocycles. The van der Waals surface area contributed by atoms with Gasteiger partial charge < -0.3 is 15.8 Å². The third kappa shape index (κ3) is 5.49. The first-order chi connectivity index (χ1) is 8.43. The average Bonchev–Trinajstić information content (AvgIpc) is 2.31. The zero-order valence-electron chi connectivity index (χ0n) is 11.9. The lowest BCUT2D eigenvalue weighted by atomic mass is 10.1. The standard InChI is InChI=1S/C14H22N2O2.ClH/c1-9(2)18-13-6-5-12(7-10(13)3)16-14(17)11(4)8-15;/h5-7,9,11H,8,15H2,1-4H3,(H,16,17);1H. The molecule has 1 rings (SSSR count). The van der Waals surface area contributed by atoms with Gasteiger partial charge in [-0.3, -0.25) is 4.79 Å². The number of rotatable bonds is 5. The predicted octanol–water partition coefficient (Wildman–Crippen LogP) is 2.74. The van der Waals surface area contributed by atoms with E-state index in [1.807, 2.05) is 39.0 Å². The number of carbonyl (C=O) groups excluding carboxylic acids is 1. The summed E-state index contributed by atoms with van der Waals surface area (Å²) in [7, 11) is 0. The first-order valence-corrected chi connectivity index (χ1v) is 6.22. The number of halogens is 1. The second kappa shape index (κ2) is 8.02. The minimum absolute atomic E-state index is 0. The summed E-state index contributed by atoms with van der Waals surface area (Å²) in [4.78, 5) is 11.7. The van der Waals surface area contributed by atoms with E-state index in [1.165, 1.54) is 0 Å². The lowest BCUT2D eigenvalue weighted by Crippen LogP contribution is -2.26. The Hall–Kier alpha value is -1.26. The lowest BCUT2D eigenvalue weighted by Gasteiger charge is -2.14. The number of ether oxygens (including phenoxy) is 1. The van der Waals surface area contributed by atoms with Crippen molar-refractivity contribution in [1.82, 2.24) is 0 Å². The molecule has 0 radical (unpaired) electrons. The molecule has 0 aliphatic rings. The van der Waals surface area contributed by atoms with E-state index >= 15 is 0 Å². The van der Waals surface area contributed by atoms with Crippen LogP contribution in [0.4, 0.5) is 5.69 Å². The molecule has 1 unspecified atom stereocenters. The molecular formula is C14H23ClN2O2. The van der Waals surface area contributed by atoms with E-state index in [9.17, 15) is 4.79 Å². The second-order valence-electron chi connectivity index (χ2n) is 4.77. The smallest absolute Gasteiger partial charge is 0.228 e. The van der Waals surface area contributed by atoms with E-state index in [-0.39, 0.29) is 30.3 Å². The van der Waals surface area contributed by atoms with Crippen molar-refractivity contribution >= 4 is 24.0 Å². The topological polar surface area (TPSA) is 64.4 Å². The minimum Gasteiger partial charge on any atom is -0.491 e. The Bertz CT molecular complexity index is 422. The number of anilines is 1. The van der Waals surface area contributed by atoms with Gasteiger partial charge >= 0.3 is 0 Å². The first kappa shape index (κ1) is 17.7. The summed E-state index contributed by atoms with van der Waals surface area (Å²) in [6.45, 7) is 8.08. The highest BCUT2D eigenvalue weighted by Gasteiger charge is 2.11. The van der Waals surface area contributed by atoms with Crippen LogP contribution < -0.4 is 15.8 Å². The van der Waals surface area contributed by atoms with Gasteiger partial charge in [0.1, 0.15) is 5.75 Å². The van der Waals surface area contributed by atoms with Gasteiger partial charge in [-0.1, -0.05) is 6.92 Å². The number of aryl methyl sites for hydroxylation is 1. The van der Waals surface area contributed by atoms with E-state index in [4.69, 9.17) is 10.5 Å². The number of nitrogens with two attached hydrogens (primary N) is 1. The molecule has 1 aromatic carbocycles. The molecule has 0 aliphatic carbocycles. The van der Waals surface area contributed by atoms with Crippen molar-refractivity contribution < 1.29 is 9.53 Å². The summed E-state index contributed by atoms with van der Waals surface area (Å²) in [5.74, 6) is 0.598. The Morgan fingerprint density at radius 1 is 1.37 bits per heavy atom. The Kier molecular flexibility index (Phi) is 7.49. The van der Waals surface area contributed by atoms with Gasteiger partial charge in [-0.15, -0.1) is 12.4 Å². The number of nitrogens with one attached hydrogen (secondary N) is 1. The van der Waals surface area contributed by atoms with Gasteiger partial charge in [-0.2, -0.15) is 0 Å². The molecule has 5 heteroatoms. The van der Waals surface area contributed by atoms with Crippen molar-refractivity contribution in [2.75, 3.05) is 11.9 Å². The molecule has 0 saturated carbocycles. The van der Waals surface area contributed by atoms with Crippen LogP contribution in [-0.4, -0.2) is 18.6 Å². The minimum atomic E-state index is -0.183. The van der Waals surface area contributed by atoms with Gasteiger partial charge in [-0.05, 0) is 44.5 Å². The van der Waals surface area contributed by atoms with Gasteiger partial charge in [0.05, 0.1) is 6.10 Å². The zero-order valence-corrected chi connectivity index (χ0v) is 12.7. The molecule has 0 heterocycles. The Morgan fingerprint density at radius 2 is 2.00 bits per heavy atom. The van der Waals surface area contributed by atoms with E-state index in [1.54, 1.807) is 6.92 Å². The quantitative estimate of drug-likeness (QED) is 0.875. The largest absolute Gasteiger partial charge is 0.491 e. The van der Waals surface area contributed by atoms with Crippen LogP contribution in [0.25, 0.3) is 0 Å². The van der Waals surface area contributed by atoms with Crippen LogP contribution in [0.2, 0.25) is 0 Å². The first-order valence-electron chi connectivity index (χ1n) is 6.22. The van der Waals surface area contributed by atoms with Crippen LogP contribution >= 0.6 is 12.4 Å². The van der Waals surface area contributed by atoms with Crippen LogP contribution in [0.3, 0.4) is 0 Å². The predicted molar refractivity (Wildman–Crippen MR) is 81.0 cm³/mol. The maximum Gasteiger partial charge on any atom is 0.228 e. The lowest BCUT2D eigenvalue weighted by molar-refractivity contribution is -0.119. The molecule has 108 valence electrons. The van der Waals surface area contributed by atoms with Gasteiger partial charge in [0.15, 0.2) is 0 Å². The molecule has 3 N–H and O–H groups in total. The molecule has 4 nitrogen and oxygen atoms in total. The van der Waals surface area contributed by atoms with Crippen LogP contribution in [0.1, 0.15) is 26.3 Å². The van der Waals surface area contributed by atoms with E-state index in [2.05, 4.69) is 5.32 Å². The molecule has 0 fully saturated rings. The third-order valence-corrected chi connectivity index (χ3v) is 2.61. The van der Waals surface area contributed by atoms with Gasteiger partial charge in [-0.25, -0.2) is 0 Å². The highest BCUT2D eigenvalue weighted by atomic mass is 35.5. The Morgan fingerprint density at radius 3 is 2.47 bits per heavy atom. The second-order valence-corrected chi connectivity index (χ2v) is 4.77. The fourth-order valence-electron chi connectivity index (χ4n) is 1.49. The molecular weight excluding hydrogens is 264 g/mol. The van der Waals surface area contributed by atoms with Crippen LogP contribution in [-0.2, 0) is 4.79 Å². The van der Waals surface area contributed by atoms with Crippen LogP contribution in [0.15, 0.2) is 18.2 Å². The summed E-state index contributed by atoms with van der Waals surface area (Å²) in [6.07, 6.45) is 0.140. The summed E-state index contributed by atoms with van der Waals surface area (Å²) >= 11 is 0. The Labute approximate surface area is 121 Å². The Balaban J connectivity index is 0.00000324. The van der Waals surface area contributed by atoms with Crippen molar-refractivity contribution in [2.24, 2.45) is 11.7 Å². The van der Waals surface area contributed by atoms with E-state index < -0.39 is 0 Å². The van der Waals surface area contributed by atoms with Crippen LogP contribution in [0.5, 0.6) is 5.75 Å². The molecule has 0 aromatic heterocycles. The van der Waals surface area contributed by atoms with E-state index in [0.717, 1.165) is 17.0 Å². The highest BCUT2D eigenvalue weighted by Crippen LogP contribution is 2.23. The SMILES string of the molecule is Cc1cc(NC(=O)C(C)CN)ccc1OC(C)C.Cl. The number of hydrogen-bond donors (Lipinski definition) is 2. The number of carbonyl (C=O) groups is 1. The fraction of sp³-hybridized carbons (Fsp3) is 0.500. The number of benzene rings is 1. The zero-order chi connectivity index (χ0) is 13.7. The van der Waals surface area contributed by atoms with Crippen molar-refractivity contribution in [2.45, 2.75) is 33.8 Å². The number of amides is 1. The summed E-state index contributed by atoms with van der Waals surface area (Å²) < 4.78 is 5.64. The summed E-state index contributed by atoms with van der Waals surface area (Å²) in [5, 5.41) is 2.84. The van der Waals surface area contributed by atoms with Crippen molar-refractivity contribution in [1.29, 1.82) is 0 Å². The van der Waals surface area contributed by atoms with Crippen LogP contribution in [0, 0.1) is 12.8 Å². The van der Waals surface area contributed by atoms with Gasteiger partial charge in [0, 0.05) is 18.2 Å². The van der Waals surface area contributed by atoms with E-state index in [0.29, 0.717) is 6.54 Å². The maximum absolute atomic E-state index is 11.7. The molecule has 1 amide bonds. The molecule has 19 heavy (non-hydrogen) atoms.